The maximum absolute atomic E-state index is 2.79. The lowest BCUT2D eigenvalue weighted by atomic mass is 10.1. The van der Waals surface area contributed by atoms with Crippen LogP contribution in [0.5, 0.6) is 0 Å². The zero-order chi connectivity index (χ0) is 18.4. The fourth-order valence-corrected chi connectivity index (χ4v) is 3.68. The third-order valence-electron chi connectivity index (χ3n) is 5.48. The van der Waals surface area contributed by atoms with Gasteiger partial charge in [-0.3, -0.25) is 0 Å². The van der Waals surface area contributed by atoms with Crippen molar-refractivity contribution < 1.29 is 0 Å². The first-order valence-electron chi connectivity index (χ1n) is 12.1. The second-order valence-electron chi connectivity index (χ2n) is 8.14. The van der Waals surface area contributed by atoms with E-state index in [-0.39, 0.29) is 9.90 Å². The predicted molar refractivity (Wildman–Crippen MR) is 128 cm³/mol. The zero-order valence-electron chi connectivity index (χ0n) is 19.0. The van der Waals surface area contributed by atoms with E-state index in [0.717, 1.165) is 0 Å². The summed E-state index contributed by atoms with van der Waals surface area (Å²) < 4.78 is 0. The van der Waals surface area contributed by atoms with Crippen LogP contribution in [0.1, 0.15) is 136 Å². The first kappa shape index (κ1) is 28.6. The van der Waals surface area contributed by atoms with Crippen molar-refractivity contribution >= 4 is 9.90 Å². The molecule has 0 amide bonds. The molecule has 0 saturated heterocycles. The lowest BCUT2D eigenvalue weighted by Gasteiger charge is -2.22. The summed E-state index contributed by atoms with van der Waals surface area (Å²) in [6.07, 6.45) is 25.7. The molecular weight excluding hydrogens is 333 g/mol. The quantitative estimate of drug-likeness (QED) is 0.141. The van der Waals surface area contributed by atoms with Gasteiger partial charge in [-0.15, -0.1) is 0 Å². The summed E-state index contributed by atoms with van der Waals surface area (Å²) in [6.45, 7) is 11.0. The van der Waals surface area contributed by atoms with Crippen LogP contribution in [0.25, 0.3) is 0 Å². The Bertz CT molecular complexity index is 194. The number of nitrogens with zero attached hydrogens (tertiary/aromatic N) is 1. The van der Waals surface area contributed by atoms with Crippen LogP contribution < -0.4 is 0 Å². The number of unbranched alkanes of at least 4 members (excludes halogenated alkanes) is 15. The van der Waals surface area contributed by atoms with Gasteiger partial charge in [-0.1, -0.05) is 117 Å². The third kappa shape index (κ3) is 22.4. The normalized spacial score (nSPS) is 11.1. The molecule has 0 aliphatic heterocycles. The summed E-state index contributed by atoms with van der Waals surface area (Å²) in [5.41, 5.74) is 0. The van der Waals surface area contributed by atoms with Crippen LogP contribution in [0.15, 0.2) is 0 Å². The van der Waals surface area contributed by atoms with Crippen molar-refractivity contribution in [2.45, 2.75) is 136 Å². The maximum atomic E-state index is 2.79. The molecule has 2 heteroatoms. The van der Waals surface area contributed by atoms with Crippen molar-refractivity contribution in [3.63, 3.8) is 0 Å². The molecule has 1 nitrogen and oxygen atoms in total. The van der Waals surface area contributed by atoms with E-state index in [1.54, 1.807) is 0 Å². The molecule has 0 bridgehead atoms. The highest BCUT2D eigenvalue weighted by Crippen LogP contribution is 2.11. The molecule has 0 aromatic carbocycles. The van der Waals surface area contributed by atoms with E-state index >= 15 is 0 Å². The van der Waals surface area contributed by atoms with Crippen molar-refractivity contribution in [3.05, 3.63) is 0 Å². The minimum atomic E-state index is 0. The van der Waals surface area contributed by atoms with Gasteiger partial charge in [0.15, 0.2) is 0 Å². The average molecular weight is 388 g/mol. The van der Waals surface area contributed by atoms with E-state index in [1.807, 2.05) is 0 Å². The molecule has 0 aliphatic rings. The van der Waals surface area contributed by atoms with Gasteiger partial charge in [0, 0.05) is 0 Å². The maximum Gasteiger partial charge on any atom is -0.00187 e. The largest absolute Gasteiger partial charge is 0.303 e. The molecular formula is C24H54NP. The first-order chi connectivity index (χ1) is 12.3. The highest BCUT2D eigenvalue weighted by molar-refractivity contribution is 6.92. The van der Waals surface area contributed by atoms with Gasteiger partial charge in [-0.05, 0) is 38.9 Å². The Morgan fingerprint density at radius 2 is 0.577 bits per heavy atom. The van der Waals surface area contributed by atoms with Gasteiger partial charge < -0.3 is 4.90 Å². The fourth-order valence-electron chi connectivity index (χ4n) is 3.68. The van der Waals surface area contributed by atoms with Gasteiger partial charge in [0.2, 0.25) is 0 Å². The summed E-state index contributed by atoms with van der Waals surface area (Å²) in [7, 11) is 0. The minimum absolute atomic E-state index is 0. The topological polar surface area (TPSA) is 3.24 Å². The van der Waals surface area contributed by atoms with Gasteiger partial charge in [0.25, 0.3) is 0 Å². The average Bonchev–Trinajstić information content (AvgIpc) is 2.63. The number of hydrogen-bond acceptors (Lipinski definition) is 1. The summed E-state index contributed by atoms with van der Waals surface area (Å²) in [5.74, 6) is 0. The Balaban J connectivity index is 0. The minimum Gasteiger partial charge on any atom is -0.303 e. The van der Waals surface area contributed by atoms with Crippen LogP contribution in [0, 0.1) is 0 Å². The van der Waals surface area contributed by atoms with Crippen molar-refractivity contribution in [3.8, 4) is 0 Å². The second kappa shape index (κ2) is 25.4. The van der Waals surface area contributed by atoms with E-state index < -0.39 is 0 Å². The van der Waals surface area contributed by atoms with E-state index in [9.17, 15) is 0 Å². The molecule has 1 atom stereocenters. The zero-order valence-corrected chi connectivity index (χ0v) is 20.4. The molecule has 0 spiro atoms. The number of hydrogen-bond donors (Lipinski definition) is 0. The summed E-state index contributed by atoms with van der Waals surface area (Å²) in [6, 6.07) is 0. The van der Waals surface area contributed by atoms with Crippen molar-refractivity contribution in [1.82, 2.24) is 4.90 Å². The molecule has 160 valence electrons. The molecule has 0 heterocycles. The molecule has 0 radical (unpaired) electrons. The van der Waals surface area contributed by atoms with Crippen LogP contribution in [0.3, 0.4) is 0 Å². The van der Waals surface area contributed by atoms with E-state index in [2.05, 4.69) is 25.7 Å². The van der Waals surface area contributed by atoms with Gasteiger partial charge in [-0.2, -0.15) is 9.90 Å². The summed E-state index contributed by atoms with van der Waals surface area (Å²) >= 11 is 0. The Hall–Kier alpha value is 0.390. The van der Waals surface area contributed by atoms with Gasteiger partial charge >= 0.3 is 0 Å². The van der Waals surface area contributed by atoms with Gasteiger partial charge in [0.1, 0.15) is 0 Å². The standard InChI is InChI=1S/C24H51N.H3P/c1-4-7-10-13-16-19-22-25(23-20-17-14-11-8-5-2)24-21-18-15-12-9-6-3;/h4-24H2,1-3H3;1H3. The van der Waals surface area contributed by atoms with Gasteiger partial charge in [-0.25, -0.2) is 0 Å². The Morgan fingerprint density at radius 1 is 0.346 bits per heavy atom. The van der Waals surface area contributed by atoms with E-state index in [0.29, 0.717) is 0 Å². The van der Waals surface area contributed by atoms with Crippen molar-refractivity contribution in [2.75, 3.05) is 19.6 Å². The number of rotatable bonds is 21. The van der Waals surface area contributed by atoms with E-state index in [1.165, 1.54) is 135 Å². The SMILES string of the molecule is CCCCCCCCN(CCCCCCCC)CCCCCCCC.P. The Morgan fingerprint density at radius 3 is 0.846 bits per heavy atom. The summed E-state index contributed by atoms with van der Waals surface area (Å²) in [5, 5.41) is 0. The second-order valence-corrected chi connectivity index (χ2v) is 8.14. The van der Waals surface area contributed by atoms with Gasteiger partial charge in [0.05, 0.1) is 0 Å². The molecule has 0 aliphatic carbocycles. The molecule has 0 saturated carbocycles. The molecule has 1 unspecified atom stereocenters. The molecule has 0 fully saturated rings. The molecule has 26 heavy (non-hydrogen) atoms. The highest BCUT2D eigenvalue weighted by Gasteiger charge is 2.05. The molecule has 0 rings (SSSR count). The van der Waals surface area contributed by atoms with Crippen LogP contribution >= 0.6 is 9.90 Å². The molecule has 0 aromatic heterocycles. The smallest absolute Gasteiger partial charge is 0.00187 e. The summed E-state index contributed by atoms with van der Waals surface area (Å²) in [4.78, 5) is 2.79. The predicted octanol–water partition coefficient (Wildman–Crippen LogP) is 8.43. The van der Waals surface area contributed by atoms with Crippen molar-refractivity contribution in [2.24, 2.45) is 0 Å². The van der Waals surface area contributed by atoms with Crippen LogP contribution in [0.4, 0.5) is 0 Å². The lowest BCUT2D eigenvalue weighted by Crippen LogP contribution is -2.27. The van der Waals surface area contributed by atoms with Crippen LogP contribution in [-0.2, 0) is 0 Å². The molecule has 0 aromatic rings. The monoisotopic (exact) mass is 387 g/mol. The molecule has 0 N–H and O–H groups in total. The van der Waals surface area contributed by atoms with Crippen LogP contribution in [0.2, 0.25) is 0 Å². The third-order valence-corrected chi connectivity index (χ3v) is 5.48. The van der Waals surface area contributed by atoms with Crippen LogP contribution in [-0.4, -0.2) is 24.5 Å². The first-order valence-corrected chi connectivity index (χ1v) is 12.1. The lowest BCUT2D eigenvalue weighted by molar-refractivity contribution is 0.254. The van der Waals surface area contributed by atoms with E-state index in [4.69, 9.17) is 0 Å². The fraction of sp³-hybridized carbons (Fsp3) is 1.00. The van der Waals surface area contributed by atoms with Crippen molar-refractivity contribution in [1.29, 1.82) is 0 Å². The highest BCUT2D eigenvalue weighted by atomic mass is 31.0. The Kier molecular flexibility index (Phi) is 27.9. The Labute approximate surface area is 171 Å².